The molecule has 1 saturated heterocycles. The normalized spacial score (nSPS) is 21.9. The lowest BCUT2D eigenvalue weighted by Crippen LogP contribution is -2.47. The summed E-state index contributed by atoms with van der Waals surface area (Å²) >= 11 is 0. The van der Waals surface area contributed by atoms with Crippen LogP contribution in [-0.4, -0.2) is 53.0 Å². The van der Waals surface area contributed by atoms with Gasteiger partial charge in [0.2, 0.25) is 0 Å². The Morgan fingerprint density at radius 3 is 2.38 bits per heavy atom. The number of fused-ring (bicyclic) bond motifs is 1. The molecule has 2 aliphatic heterocycles. The quantitative estimate of drug-likeness (QED) is 0.906. The molecule has 0 radical (unpaired) electrons. The lowest BCUT2D eigenvalue weighted by Gasteiger charge is -2.38. The molecule has 0 saturated carbocycles. The van der Waals surface area contributed by atoms with Crippen molar-refractivity contribution in [1.29, 1.82) is 0 Å². The van der Waals surface area contributed by atoms with Gasteiger partial charge in [0, 0.05) is 37.8 Å². The van der Waals surface area contributed by atoms with Gasteiger partial charge in [0.1, 0.15) is 0 Å². The van der Waals surface area contributed by atoms with Gasteiger partial charge in [-0.15, -0.1) is 0 Å². The molecule has 4 rings (SSSR count). The van der Waals surface area contributed by atoms with Gasteiger partial charge >= 0.3 is 0 Å². The second-order valence-electron chi connectivity index (χ2n) is 7.35. The number of hydrogen-bond acceptors (Lipinski definition) is 3. The van der Waals surface area contributed by atoms with E-state index in [0.717, 1.165) is 50.0 Å². The minimum absolute atomic E-state index is 0.132. The molecule has 2 aliphatic rings. The van der Waals surface area contributed by atoms with E-state index in [1.54, 1.807) is 0 Å². The Hall–Kier alpha value is -2.17. The number of hydrogen-bond donors (Lipinski definition) is 1. The van der Waals surface area contributed by atoms with Gasteiger partial charge in [0.05, 0.1) is 6.10 Å². The van der Waals surface area contributed by atoms with E-state index >= 15 is 0 Å². The van der Waals surface area contributed by atoms with Crippen LogP contribution in [0.2, 0.25) is 0 Å². The summed E-state index contributed by atoms with van der Waals surface area (Å²) in [6.07, 6.45) is 2.51. The highest BCUT2D eigenvalue weighted by atomic mass is 16.3. The number of carbonyl (C=O) groups is 1. The number of aliphatic hydroxyl groups excluding tert-OH is 1. The Kier molecular flexibility index (Phi) is 5.05. The van der Waals surface area contributed by atoms with Crippen molar-refractivity contribution in [3.8, 4) is 0 Å². The van der Waals surface area contributed by atoms with Gasteiger partial charge in [0.15, 0.2) is 0 Å². The molecule has 0 aromatic heterocycles. The van der Waals surface area contributed by atoms with Crippen molar-refractivity contribution in [2.75, 3.05) is 26.2 Å². The third-order valence-electron chi connectivity index (χ3n) is 5.78. The van der Waals surface area contributed by atoms with E-state index in [4.69, 9.17) is 0 Å². The van der Waals surface area contributed by atoms with Crippen LogP contribution in [0.25, 0.3) is 0 Å². The summed E-state index contributed by atoms with van der Waals surface area (Å²) in [5.74, 6) is 0.132. The summed E-state index contributed by atoms with van der Waals surface area (Å²) in [6.45, 7) is 3.25. The van der Waals surface area contributed by atoms with Crippen LogP contribution in [0.3, 0.4) is 0 Å². The van der Waals surface area contributed by atoms with Crippen molar-refractivity contribution in [3.63, 3.8) is 0 Å². The molecule has 0 bridgehead atoms. The predicted molar refractivity (Wildman–Crippen MR) is 102 cm³/mol. The topological polar surface area (TPSA) is 43.8 Å². The van der Waals surface area contributed by atoms with Crippen LogP contribution in [0.4, 0.5) is 0 Å². The van der Waals surface area contributed by atoms with E-state index in [0.29, 0.717) is 12.6 Å². The molecule has 136 valence electrons. The zero-order valence-electron chi connectivity index (χ0n) is 15.1. The summed E-state index contributed by atoms with van der Waals surface area (Å²) in [7, 11) is 0. The van der Waals surface area contributed by atoms with Gasteiger partial charge < -0.3 is 10.0 Å². The van der Waals surface area contributed by atoms with Crippen molar-refractivity contribution >= 4 is 5.91 Å². The molecule has 1 amide bonds. The summed E-state index contributed by atoms with van der Waals surface area (Å²) in [6, 6.07) is 18.2. The molecule has 2 heterocycles. The number of benzene rings is 2. The lowest BCUT2D eigenvalue weighted by atomic mass is 10.0. The first-order chi connectivity index (χ1) is 12.7. The second-order valence-corrected chi connectivity index (χ2v) is 7.35. The fraction of sp³-hybridized carbons (Fsp3) is 0.409. The Morgan fingerprint density at radius 1 is 0.923 bits per heavy atom. The molecule has 1 atom stereocenters. The first kappa shape index (κ1) is 17.3. The van der Waals surface area contributed by atoms with Crippen LogP contribution < -0.4 is 0 Å². The minimum Gasteiger partial charge on any atom is -0.387 e. The van der Waals surface area contributed by atoms with Gasteiger partial charge in [-0.25, -0.2) is 0 Å². The monoisotopic (exact) mass is 350 g/mol. The number of aliphatic hydroxyl groups is 1. The van der Waals surface area contributed by atoms with Crippen LogP contribution in [0.5, 0.6) is 0 Å². The van der Waals surface area contributed by atoms with Crippen molar-refractivity contribution in [3.05, 3.63) is 71.3 Å². The molecule has 2 aromatic carbocycles. The Morgan fingerprint density at radius 2 is 1.62 bits per heavy atom. The maximum atomic E-state index is 12.6. The van der Waals surface area contributed by atoms with Crippen LogP contribution in [0, 0.1) is 0 Å². The van der Waals surface area contributed by atoms with Crippen molar-refractivity contribution in [2.24, 2.45) is 0 Å². The molecular formula is C22H26N2O2. The number of carbonyl (C=O) groups excluding carboxylic acids is 1. The van der Waals surface area contributed by atoms with Gasteiger partial charge in [-0.05, 0) is 42.5 Å². The van der Waals surface area contributed by atoms with Crippen molar-refractivity contribution < 1.29 is 9.90 Å². The fourth-order valence-electron chi connectivity index (χ4n) is 4.29. The van der Waals surface area contributed by atoms with E-state index in [2.05, 4.69) is 17.0 Å². The highest BCUT2D eigenvalue weighted by molar-refractivity contribution is 5.94. The number of piperidine rings is 1. The minimum atomic E-state index is -0.419. The largest absolute Gasteiger partial charge is 0.387 e. The zero-order chi connectivity index (χ0) is 17.9. The van der Waals surface area contributed by atoms with Crippen LogP contribution in [0.1, 0.15) is 40.4 Å². The van der Waals surface area contributed by atoms with Crippen LogP contribution in [-0.2, 0) is 6.42 Å². The molecule has 0 aliphatic carbocycles. The molecule has 4 heteroatoms. The standard InChI is InChI=1S/C22H26N2O2/c25-21-16-24(13-10-17-6-4-5-9-20(17)21)19-11-14-23(15-12-19)22(26)18-7-2-1-3-8-18/h1-9,19,21,25H,10-16H2. The maximum absolute atomic E-state index is 12.6. The highest BCUT2D eigenvalue weighted by Gasteiger charge is 2.30. The van der Waals surface area contributed by atoms with E-state index in [9.17, 15) is 9.90 Å². The summed E-state index contributed by atoms with van der Waals surface area (Å²) < 4.78 is 0. The fourth-order valence-corrected chi connectivity index (χ4v) is 4.29. The average Bonchev–Trinajstić information content (AvgIpc) is 2.88. The summed E-state index contributed by atoms with van der Waals surface area (Å²) in [4.78, 5) is 17.0. The number of rotatable bonds is 2. The molecule has 1 N–H and O–H groups in total. The summed E-state index contributed by atoms with van der Waals surface area (Å²) in [5.41, 5.74) is 3.11. The van der Waals surface area contributed by atoms with Gasteiger partial charge in [-0.3, -0.25) is 9.69 Å². The van der Waals surface area contributed by atoms with Gasteiger partial charge in [-0.1, -0.05) is 42.5 Å². The molecule has 1 fully saturated rings. The van der Waals surface area contributed by atoms with Gasteiger partial charge in [0.25, 0.3) is 5.91 Å². The molecule has 0 spiro atoms. The SMILES string of the molecule is O=C(c1ccccc1)N1CCC(N2CCc3ccccc3C(O)C2)CC1. The van der Waals surface area contributed by atoms with Crippen molar-refractivity contribution in [2.45, 2.75) is 31.4 Å². The Bertz CT molecular complexity index is 754. The van der Waals surface area contributed by atoms with Gasteiger partial charge in [-0.2, -0.15) is 0 Å². The molecular weight excluding hydrogens is 324 g/mol. The highest BCUT2D eigenvalue weighted by Crippen LogP contribution is 2.27. The van der Waals surface area contributed by atoms with E-state index in [1.807, 2.05) is 47.4 Å². The smallest absolute Gasteiger partial charge is 0.253 e. The summed E-state index contributed by atoms with van der Waals surface area (Å²) in [5, 5.41) is 10.6. The van der Waals surface area contributed by atoms with Crippen LogP contribution >= 0.6 is 0 Å². The van der Waals surface area contributed by atoms with E-state index in [-0.39, 0.29) is 5.91 Å². The Labute approximate surface area is 155 Å². The first-order valence-electron chi connectivity index (χ1n) is 9.56. The molecule has 1 unspecified atom stereocenters. The maximum Gasteiger partial charge on any atom is 0.253 e. The number of β-amino-alcohol motifs (C(OH)–C–C–N with tert-alkyl or cyclic N) is 1. The third-order valence-corrected chi connectivity index (χ3v) is 5.78. The molecule has 26 heavy (non-hydrogen) atoms. The number of nitrogens with zero attached hydrogens (tertiary/aromatic N) is 2. The lowest BCUT2D eigenvalue weighted by molar-refractivity contribution is 0.0500. The van der Waals surface area contributed by atoms with E-state index in [1.165, 1.54) is 5.56 Å². The van der Waals surface area contributed by atoms with Crippen molar-refractivity contribution in [1.82, 2.24) is 9.80 Å². The predicted octanol–water partition coefficient (Wildman–Crippen LogP) is 2.88. The third kappa shape index (κ3) is 3.53. The van der Waals surface area contributed by atoms with Crippen LogP contribution in [0.15, 0.2) is 54.6 Å². The number of likely N-dealkylation sites (tertiary alicyclic amines) is 1. The molecule has 4 nitrogen and oxygen atoms in total. The zero-order valence-corrected chi connectivity index (χ0v) is 15.1. The molecule has 2 aromatic rings. The average molecular weight is 350 g/mol. The van der Waals surface area contributed by atoms with E-state index < -0.39 is 6.10 Å². The second kappa shape index (κ2) is 7.60. The Balaban J connectivity index is 1.37. The first-order valence-corrected chi connectivity index (χ1v) is 9.56. The number of amides is 1.